The average molecular weight is 966 g/mol. The largest absolute Gasteiger partial charge is 0.489 e. The molecule has 4 aromatic heterocycles. The van der Waals surface area contributed by atoms with E-state index in [2.05, 4.69) is 153 Å². The number of rotatable bonds is 4. The lowest BCUT2D eigenvalue weighted by atomic mass is 9.75. The fraction of sp³-hybridized carbons (Fsp3) is 0. The van der Waals surface area contributed by atoms with E-state index in [1.807, 2.05) is 120 Å². The molecule has 0 saturated heterocycles. The van der Waals surface area contributed by atoms with Crippen LogP contribution in [0, 0.1) is 0 Å². The van der Waals surface area contributed by atoms with Crippen molar-refractivity contribution >= 4 is 104 Å². The van der Waals surface area contributed by atoms with Crippen molar-refractivity contribution in [2.45, 2.75) is 0 Å². The maximum absolute atomic E-state index is 9.65. The summed E-state index contributed by atoms with van der Waals surface area (Å²) in [6.45, 7) is 0. The van der Waals surface area contributed by atoms with Crippen molar-refractivity contribution in [3.8, 4) is 33.6 Å². The lowest BCUT2D eigenvalue weighted by Gasteiger charge is -2.13. The Kier molecular flexibility index (Phi) is 11.2. The molecule has 0 saturated carbocycles. The van der Waals surface area contributed by atoms with Crippen LogP contribution in [0.1, 0.15) is 0 Å². The number of imidazole rings is 2. The molecule has 4 heterocycles. The maximum Gasteiger partial charge on any atom is 0.489 e. The first-order valence-corrected chi connectivity index (χ1v) is 24.0. The molecule has 0 spiro atoms. The van der Waals surface area contributed by atoms with E-state index in [0.29, 0.717) is 5.46 Å². The normalized spacial score (nSPS) is 11.4. The van der Waals surface area contributed by atoms with Gasteiger partial charge >= 0.3 is 7.12 Å². The highest BCUT2D eigenvalue weighted by Crippen LogP contribution is 2.39. The van der Waals surface area contributed by atoms with Gasteiger partial charge in [-0.3, -0.25) is 0 Å². The Hall–Kier alpha value is -8.40. The van der Waals surface area contributed by atoms with E-state index in [9.17, 15) is 10.0 Å². The van der Waals surface area contributed by atoms with Gasteiger partial charge in [0.1, 0.15) is 11.3 Å². The summed E-state index contributed by atoms with van der Waals surface area (Å²) in [6.07, 6.45) is 8.18. The van der Waals surface area contributed by atoms with E-state index in [1.165, 1.54) is 54.2 Å². The van der Waals surface area contributed by atoms with Gasteiger partial charge in [0.2, 0.25) is 0 Å². The molecular weight excluding hydrogens is 923 g/mol. The minimum atomic E-state index is -1.47. The van der Waals surface area contributed by atoms with Gasteiger partial charge in [-0.05, 0) is 130 Å². The number of aromatic nitrogens is 4. The molecule has 14 aromatic rings. The molecule has 0 fully saturated rings. The summed E-state index contributed by atoms with van der Waals surface area (Å²) >= 11 is 3.47. The summed E-state index contributed by atoms with van der Waals surface area (Å²) in [6, 6.07) is 75.3. The van der Waals surface area contributed by atoms with Gasteiger partial charge in [0.15, 0.2) is 0 Å². The standard InChI is InChI=1S/C31H20N2.C18H13BO2.C13H9BrN2/c1-2-11-25-21(8-1)15-16-24-19-28(26-12-3-4-13-27(26)31(24)25)22-9-7-10-23(18-22)29-20-33-17-6-5-14-30(33)32-29;20-19(21)17-11-13-10-9-12-5-1-2-6-14(12)18(13)16-8-4-3-7-15(16)17;14-11-5-3-4-10(8-11)12-9-16-7-2-1-6-13(16)15-12/h1-20H;1-11,20-21H;1-9H. The highest BCUT2D eigenvalue weighted by Gasteiger charge is 2.18. The number of benzene rings is 10. The van der Waals surface area contributed by atoms with Crippen LogP contribution in [0.5, 0.6) is 0 Å². The van der Waals surface area contributed by atoms with Crippen molar-refractivity contribution in [1.82, 2.24) is 18.8 Å². The molecule has 0 atom stereocenters. The van der Waals surface area contributed by atoms with Crippen LogP contribution in [-0.2, 0) is 0 Å². The van der Waals surface area contributed by atoms with Gasteiger partial charge in [-0.1, -0.05) is 186 Å². The van der Waals surface area contributed by atoms with Crippen LogP contribution in [0.2, 0.25) is 0 Å². The van der Waals surface area contributed by atoms with Gasteiger partial charge in [-0.2, -0.15) is 0 Å². The molecule has 2 N–H and O–H groups in total. The second kappa shape index (κ2) is 18.3. The van der Waals surface area contributed by atoms with Gasteiger partial charge in [0.05, 0.1) is 11.4 Å². The lowest BCUT2D eigenvalue weighted by Crippen LogP contribution is -2.30. The molecule has 0 aliphatic rings. The zero-order valence-electron chi connectivity index (χ0n) is 37.7. The predicted molar refractivity (Wildman–Crippen MR) is 296 cm³/mol. The molecule has 0 radical (unpaired) electrons. The molecule has 8 heteroatoms. The Bertz CT molecular complexity index is 4210. The SMILES string of the molecule is Brc1cccc(-c2cn3ccccc3n2)c1.OB(O)c1cc2ccc3ccccc3c2c2ccccc12.c1cc(-c2cn3ccccc3n2)cc(-c2cc3ccc4ccccc4c3c3ccccc23)c1. The number of hydrogen-bond donors (Lipinski definition) is 2. The monoisotopic (exact) mass is 964 g/mol. The van der Waals surface area contributed by atoms with Crippen LogP contribution in [0.3, 0.4) is 0 Å². The van der Waals surface area contributed by atoms with E-state index >= 15 is 0 Å². The number of halogens is 1. The Morgan fingerprint density at radius 1 is 0.371 bits per heavy atom. The van der Waals surface area contributed by atoms with Crippen molar-refractivity contribution < 1.29 is 10.0 Å². The molecular formula is C62H42BBrN4O2. The van der Waals surface area contributed by atoms with Crippen LogP contribution in [0.25, 0.3) is 110 Å². The lowest BCUT2D eigenvalue weighted by molar-refractivity contribution is 0.426. The summed E-state index contributed by atoms with van der Waals surface area (Å²) in [5.74, 6) is 0. The van der Waals surface area contributed by atoms with Gasteiger partial charge in [0, 0.05) is 40.4 Å². The van der Waals surface area contributed by atoms with Crippen LogP contribution in [0.15, 0.2) is 248 Å². The number of hydrogen-bond acceptors (Lipinski definition) is 4. The molecule has 0 amide bonds. The topological polar surface area (TPSA) is 75.1 Å². The first kappa shape index (κ1) is 42.9. The first-order chi connectivity index (χ1) is 34.4. The van der Waals surface area contributed by atoms with E-state index in [-0.39, 0.29) is 0 Å². The van der Waals surface area contributed by atoms with E-state index in [4.69, 9.17) is 4.98 Å². The Morgan fingerprint density at radius 2 is 0.829 bits per heavy atom. The molecule has 0 unspecified atom stereocenters. The molecule has 10 aromatic carbocycles. The minimum Gasteiger partial charge on any atom is -0.423 e. The van der Waals surface area contributed by atoms with Crippen molar-refractivity contribution in [2.24, 2.45) is 0 Å². The second-order valence-electron chi connectivity index (χ2n) is 17.4. The van der Waals surface area contributed by atoms with E-state index < -0.39 is 7.12 Å². The van der Waals surface area contributed by atoms with Crippen LogP contribution < -0.4 is 5.46 Å². The average Bonchev–Trinajstić information content (AvgIpc) is 4.06. The fourth-order valence-electron chi connectivity index (χ4n) is 9.88. The van der Waals surface area contributed by atoms with Crippen molar-refractivity contribution in [1.29, 1.82) is 0 Å². The molecule has 70 heavy (non-hydrogen) atoms. The molecule has 14 rings (SSSR count). The molecule has 0 aliphatic heterocycles. The van der Waals surface area contributed by atoms with Gasteiger partial charge in [0.25, 0.3) is 0 Å². The number of pyridine rings is 2. The molecule has 0 aliphatic carbocycles. The highest BCUT2D eigenvalue weighted by molar-refractivity contribution is 9.10. The molecule has 0 bridgehead atoms. The molecule has 332 valence electrons. The minimum absolute atomic E-state index is 0.549. The zero-order valence-corrected chi connectivity index (χ0v) is 39.3. The van der Waals surface area contributed by atoms with Crippen LogP contribution in [-0.4, -0.2) is 35.9 Å². The Morgan fingerprint density at radius 3 is 1.40 bits per heavy atom. The fourth-order valence-corrected chi connectivity index (χ4v) is 10.3. The number of nitrogens with zero attached hydrogens (tertiary/aromatic N) is 4. The van der Waals surface area contributed by atoms with Crippen LogP contribution in [0.4, 0.5) is 0 Å². The summed E-state index contributed by atoms with van der Waals surface area (Å²) in [5, 5.41) is 33.5. The second-order valence-corrected chi connectivity index (χ2v) is 18.3. The summed E-state index contributed by atoms with van der Waals surface area (Å²) in [4.78, 5) is 9.39. The summed E-state index contributed by atoms with van der Waals surface area (Å²) in [5.41, 5.74) is 9.16. The van der Waals surface area contributed by atoms with E-state index in [1.54, 1.807) is 0 Å². The predicted octanol–water partition coefficient (Wildman–Crippen LogP) is 14.7. The van der Waals surface area contributed by atoms with Crippen LogP contribution >= 0.6 is 15.9 Å². The summed E-state index contributed by atoms with van der Waals surface area (Å²) < 4.78 is 5.16. The first-order valence-electron chi connectivity index (χ1n) is 23.2. The van der Waals surface area contributed by atoms with Gasteiger partial charge in [-0.15, -0.1) is 0 Å². The maximum atomic E-state index is 9.65. The van der Waals surface area contributed by atoms with Gasteiger partial charge in [-0.25, -0.2) is 9.97 Å². The highest BCUT2D eigenvalue weighted by atomic mass is 79.9. The number of fused-ring (bicyclic) bond motifs is 12. The zero-order chi connectivity index (χ0) is 47.1. The summed E-state index contributed by atoms with van der Waals surface area (Å²) in [7, 11) is -1.47. The van der Waals surface area contributed by atoms with E-state index in [0.717, 1.165) is 59.8 Å². The third-order valence-electron chi connectivity index (χ3n) is 13.1. The van der Waals surface area contributed by atoms with Crippen molar-refractivity contribution in [3.05, 3.63) is 248 Å². The smallest absolute Gasteiger partial charge is 0.423 e. The quantitative estimate of drug-likeness (QED) is 0.136. The van der Waals surface area contributed by atoms with Crippen molar-refractivity contribution in [2.75, 3.05) is 0 Å². The Balaban J connectivity index is 0.000000117. The Labute approximate surface area is 412 Å². The third-order valence-corrected chi connectivity index (χ3v) is 13.6. The van der Waals surface area contributed by atoms with Gasteiger partial charge < -0.3 is 18.8 Å². The molecule has 6 nitrogen and oxygen atoms in total. The van der Waals surface area contributed by atoms with Crippen molar-refractivity contribution in [3.63, 3.8) is 0 Å². The third kappa shape index (κ3) is 8.04.